The number of benzene rings is 3. The van der Waals surface area contributed by atoms with Crippen LogP contribution in [0.5, 0.6) is 0 Å². The molecule has 5 rings (SSSR count). The second-order valence-corrected chi connectivity index (χ2v) is 7.24. The zero-order chi connectivity index (χ0) is 22.0. The van der Waals surface area contributed by atoms with Crippen LogP contribution in [0.15, 0.2) is 97.3 Å². The van der Waals surface area contributed by atoms with Crippen molar-refractivity contribution in [3.05, 3.63) is 117 Å². The molecule has 5 heteroatoms. The third kappa shape index (κ3) is 4.46. The molecule has 0 atom stereocenters. The standard InChI is InChI=1S/C16H11FO2.C10H8O2/c1-10-5-6-13-14(9-16(18)19-15(13)7-10)11-3-2-4-12(17)8-11;1-7-6-8-4-2-3-5-9(8)12-10(7)11/h2-9H,1H3;2-6H,1H3. The number of hydrogen-bond donors (Lipinski definition) is 0. The first kappa shape index (κ1) is 20.3. The van der Waals surface area contributed by atoms with Crippen molar-refractivity contribution in [3.63, 3.8) is 0 Å². The van der Waals surface area contributed by atoms with Gasteiger partial charge in [-0.3, -0.25) is 0 Å². The molecule has 0 radical (unpaired) electrons. The summed E-state index contributed by atoms with van der Waals surface area (Å²) in [5.74, 6) is -0.328. The van der Waals surface area contributed by atoms with E-state index in [0.29, 0.717) is 27.9 Å². The van der Waals surface area contributed by atoms with Gasteiger partial charge in [-0.15, -0.1) is 0 Å². The molecule has 154 valence electrons. The molecule has 0 N–H and O–H groups in total. The van der Waals surface area contributed by atoms with Gasteiger partial charge in [-0.25, -0.2) is 14.0 Å². The van der Waals surface area contributed by atoms with Gasteiger partial charge in [0.05, 0.1) is 0 Å². The van der Waals surface area contributed by atoms with Crippen molar-refractivity contribution in [1.82, 2.24) is 0 Å². The van der Waals surface area contributed by atoms with Crippen LogP contribution < -0.4 is 11.3 Å². The van der Waals surface area contributed by atoms with Crippen LogP contribution in [0.1, 0.15) is 11.1 Å². The highest BCUT2D eigenvalue weighted by Gasteiger charge is 2.08. The van der Waals surface area contributed by atoms with Gasteiger partial charge in [0, 0.05) is 22.4 Å². The molecular weight excluding hydrogens is 395 g/mol. The Kier molecular flexibility index (Phi) is 5.50. The molecule has 0 amide bonds. The number of halogens is 1. The predicted octanol–water partition coefficient (Wildman–Crippen LogP) is 6.01. The van der Waals surface area contributed by atoms with E-state index in [1.807, 2.05) is 43.3 Å². The summed E-state index contributed by atoms with van der Waals surface area (Å²) in [6.07, 6.45) is 0. The van der Waals surface area contributed by atoms with Crippen molar-refractivity contribution in [2.24, 2.45) is 0 Å². The molecule has 0 saturated heterocycles. The molecule has 4 nitrogen and oxygen atoms in total. The van der Waals surface area contributed by atoms with Crippen LogP contribution in [0.25, 0.3) is 33.1 Å². The monoisotopic (exact) mass is 414 g/mol. The maximum Gasteiger partial charge on any atom is 0.339 e. The molecule has 2 heterocycles. The molecule has 31 heavy (non-hydrogen) atoms. The number of para-hydroxylation sites is 1. The summed E-state index contributed by atoms with van der Waals surface area (Å²) in [5.41, 5.74) is 3.49. The molecule has 0 bridgehead atoms. The minimum Gasteiger partial charge on any atom is -0.423 e. The van der Waals surface area contributed by atoms with Gasteiger partial charge < -0.3 is 8.83 Å². The molecule has 5 aromatic rings. The van der Waals surface area contributed by atoms with Crippen molar-refractivity contribution in [2.75, 3.05) is 0 Å². The first-order valence-corrected chi connectivity index (χ1v) is 9.71. The lowest BCUT2D eigenvalue weighted by atomic mass is 10.0. The third-order valence-corrected chi connectivity index (χ3v) is 4.85. The van der Waals surface area contributed by atoms with Crippen LogP contribution in [-0.4, -0.2) is 0 Å². The quantitative estimate of drug-likeness (QED) is 0.315. The van der Waals surface area contributed by atoms with E-state index in [9.17, 15) is 14.0 Å². The molecule has 2 aromatic heterocycles. The molecule has 0 aliphatic carbocycles. The fraction of sp³-hybridized carbons (Fsp3) is 0.0769. The van der Waals surface area contributed by atoms with Crippen molar-refractivity contribution in [1.29, 1.82) is 0 Å². The van der Waals surface area contributed by atoms with E-state index in [-0.39, 0.29) is 11.4 Å². The zero-order valence-electron chi connectivity index (χ0n) is 17.0. The van der Waals surface area contributed by atoms with E-state index >= 15 is 0 Å². The Morgan fingerprint density at radius 2 is 1.55 bits per heavy atom. The van der Waals surface area contributed by atoms with Gasteiger partial charge in [-0.05, 0) is 60.9 Å². The van der Waals surface area contributed by atoms with Gasteiger partial charge in [0.25, 0.3) is 0 Å². The van der Waals surface area contributed by atoms with Gasteiger partial charge in [0.15, 0.2) is 0 Å². The fourth-order valence-electron chi connectivity index (χ4n) is 3.33. The summed E-state index contributed by atoms with van der Waals surface area (Å²) in [6.45, 7) is 3.67. The highest BCUT2D eigenvalue weighted by Crippen LogP contribution is 2.28. The van der Waals surface area contributed by atoms with Crippen molar-refractivity contribution >= 4 is 21.9 Å². The minimum absolute atomic E-state index is 0.256. The van der Waals surface area contributed by atoms with Crippen LogP contribution in [0.3, 0.4) is 0 Å². The summed E-state index contributed by atoms with van der Waals surface area (Å²) >= 11 is 0. The lowest BCUT2D eigenvalue weighted by Gasteiger charge is -2.06. The Hall–Kier alpha value is -3.99. The molecule has 0 fully saturated rings. The van der Waals surface area contributed by atoms with E-state index < -0.39 is 5.63 Å². The molecule has 0 aliphatic rings. The molecule has 0 spiro atoms. The highest BCUT2D eigenvalue weighted by molar-refractivity contribution is 5.93. The predicted molar refractivity (Wildman–Crippen MR) is 120 cm³/mol. The maximum atomic E-state index is 13.3. The lowest BCUT2D eigenvalue weighted by Crippen LogP contribution is -2.01. The Morgan fingerprint density at radius 3 is 2.35 bits per heavy atom. The van der Waals surface area contributed by atoms with Crippen molar-refractivity contribution in [3.8, 4) is 11.1 Å². The first-order valence-electron chi connectivity index (χ1n) is 9.71. The summed E-state index contributed by atoms with van der Waals surface area (Å²) in [4.78, 5) is 22.7. The Balaban J connectivity index is 0.000000166. The fourth-order valence-corrected chi connectivity index (χ4v) is 3.33. The number of fused-ring (bicyclic) bond motifs is 2. The molecule has 3 aromatic carbocycles. The number of hydrogen-bond acceptors (Lipinski definition) is 4. The van der Waals surface area contributed by atoms with E-state index in [4.69, 9.17) is 8.83 Å². The van der Waals surface area contributed by atoms with E-state index in [0.717, 1.165) is 16.3 Å². The van der Waals surface area contributed by atoms with Crippen molar-refractivity contribution in [2.45, 2.75) is 13.8 Å². The lowest BCUT2D eigenvalue weighted by molar-refractivity contribution is 0.555. The summed E-state index contributed by atoms with van der Waals surface area (Å²) in [5, 5.41) is 1.77. The third-order valence-electron chi connectivity index (χ3n) is 4.85. The second-order valence-electron chi connectivity index (χ2n) is 7.24. The average molecular weight is 414 g/mol. The Bertz CT molecular complexity index is 1510. The smallest absolute Gasteiger partial charge is 0.339 e. The van der Waals surface area contributed by atoms with Gasteiger partial charge in [-0.1, -0.05) is 42.5 Å². The SMILES string of the molecule is Cc1cc2ccccc2oc1=O.Cc1ccc2c(-c3cccc(F)c3)cc(=O)oc2c1. The minimum atomic E-state index is -0.433. The van der Waals surface area contributed by atoms with Crippen LogP contribution in [0.4, 0.5) is 4.39 Å². The van der Waals surface area contributed by atoms with E-state index in [1.165, 1.54) is 18.2 Å². The van der Waals surface area contributed by atoms with Gasteiger partial charge in [-0.2, -0.15) is 0 Å². The Morgan fingerprint density at radius 1 is 0.742 bits per heavy atom. The number of aryl methyl sites for hydroxylation is 2. The molecule has 0 aliphatic heterocycles. The van der Waals surface area contributed by atoms with Crippen LogP contribution in [0, 0.1) is 19.7 Å². The number of rotatable bonds is 1. The molecule has 0 unspecified atom stereocenters. The topological polar surface area (TPSA) is 60.4 Å². The van der Waals surface area contributed by atoms with Crippen LogP contribution in [0.2, 0.25) is 0 Å². The summed E-state index contributed by atoms with van der Waals surface area (Å²) in [7, 11) is 0. The maximum absolute atomic E-state index is 13.3. The van der Waals surface area contributed by atoms with Crippen LogP contribution >= 0.6 is 0 Å². The second kappa shape index (κ2) is 8.40. The first-order chi connectivity index (χ1) is 14.9. The van der Waals surface area contributed by atoms with Gasteiger partial charge in [0.1, 0.15) is 17.0 Å². The van der Waals surface area contributed by atoms with Crippen molar-refractivity contribution < 1.29 is 13.2 Å². The Labute approximate surface area is 177 Å². The van der Waals surface area contributed by atoms with Crippen LogP contribution in [-0.2, 0) is 0 Å². The van der Waals surface area contributed by atoms with Gasteiger partial charge in [0.2, 0.25) is 0 Å². The molecule has 0 saturated carbocycles. The average Bonchev–Trinajstić information content (AvgIpc) is 2.74. The highest BCUT2D eigenvalue weighted by atomic mass is 19.1. The summed E-state index contributed by atoms with van der Waals surface area (Å²) in [6, 6.07) is 22.5. The zero-order valence-corrected chi connectivity index (χ0v) is 17.0. The van der Waals surface area contributed by atoms with Gasteiger partial charge >= 0.3 is 11.3 Å². The van der Waals surface area contributed by atoms with E-state index in [1.54, 1.807) is 31.2 Å². The largest absolute Gasteiger partial charge is 0.423 e. The molecular formula is C26H19FO4. The summed E-state index contributed by atoms with van der Waals surface area (Å²) < 4.78 is 23.5. The van der Waals surface area contributed by atoms with E-state index in [2.05, 4.69) is 0 Å². The normalized spacial score (nSPS) is 10.7.